The number of nitrogens with one attached hydrogen (secondary N) is 3. The second-order valence-electron chi connectivity index (χ2n) is 9.10. The summed E-state index contributed by atoms with van der Waals surface area (Å²) >= 11 is 0. The minimum atomic E-state index is -0.261. The summed E-state index contributed by atoms with van der Waals surface area (Å²) < 4.78 is 7.85. The predicted octanol–water partition coefficient (Wildman–Crippen LogP) is 3.27. The van der Waals surface area contributed by atoms with E-state index in [0.717, 1.165) is 42.5 Å². The van der Waals surface area contributed by atoms with Crippen LogP contribution >= 0.6 is 0 Å². The van der Waals surface area contributed by atoms with E-state index in [1.165, 1.54) is 6.20 Å². The van der Waals surface area contributed by atoms with Crippen LogP contribution in [0.2, 0.25) is 0 Å². The summed E-state index contributed by atoms with van der Waals surface area (Å²) in [6.45, 7) is 0. The molecule has 0 saturated heterocycles. The summed E-state index contributed by atoms with van der Waals surface area (Å²) in [7, 11) is 3.44. The van der Waals surface area contributed by atoms with E-state index in [2.05, 4.69) is 30.7 Å². The lowest BCUT2D eigenvalue weighted by Crippen LogP contribution is -2.19. The number of carbonyl (C=O) groups is 2. The molecule has 2 saturated carbocycles. The van der Waals surface area contributed by atoms with Gasteiger partial charge in [0, 0.05) is 49.6 Å². The van der Waals surface area contributed by atoms with Crippen LogP contribution in [0, 0.1) is 5.92 Å². The van der Waals surface area contributed by atoms with Gasteiger partial charge in [-0.2, -0.15) is 5.10 Å². The number of rotatable bonds is 7. The SMILES string of the molecule is CNC(=O)c1cnc(NC(=O)C2CC2)c2[nH]c(-c3cc(-c4ccn(C)n4)cnc3OC3CC3)cc12. The first-order chi connectivity index (χ1) is 17.0. The summed E-state index contributed by atoms with van der Waals surface area (Å²) in [6.07, 6.45) is 9.04. The van der Waals surface area contributed by atoms with Crippen molar-refractivity contribution in [2.75, 3.05) is 12.4 Å². The van der Waals surface area contributed by atoms with Crippen molar-refractivity contribution in [3.8, 4) is 28.4 Å². The molecule has 2 fully saturated rings. The lowest BCUT2D eigenvalue weighted by Gasteiger charge is -2.10. The molecule has 0 bridgehead atoms. The Morgan fingerprint density at radius 1 is 1.14 bits per heavy atom. The molecule has 2 aliphatic rings. The third-order valence-corrected chi connectivity index (χ3v) is 6.28. The lowest BCUT2D eigenvalue weighted by atomic mass is 10.1. The average Bonchev–Trinajstić information content (AvgIpc) is 3.78. The highest BCUT2D eigenvalue weighted by atomic mass is 16.5. The van der Waals surface area contributed by atoms with Gasteiger partial charge in [-0.05, 0) is 43.9 Å². The molecule has 178 valence electrons. The largest absolute Gasteiger partial charge is 0.474 e. The van der Waals surface area contributed by atoms with E-state index in [4.69, 9.17) is 4.74 Å². The van der Waals surface area contributed by atoms with Crippen molar-refractivity contribution in [2.45, 2.75) is 31.8 Å². The number of nitrogens with zero attached hydrogens (tertiary/aromatic N) is 4. The zero-order valence-corrected chi connectivity index (χ0v) is 19.5. The number of pyridine rings is 2. The molecule has 0 radical (unpaired) electrons. The molecule has 0 aromatic carbocycles. The summed E-state index contributed by atoms with van der Waals surface area (Å²) in [5, 5.41) is 10.7. The number of hydrogen-bond donors (Lipinski definition) is 3. The molecule has 3 N–H and O–H groups in total. The molecule has 10 nitrogen and oxygen atoms in total. The molecule has 0 atom stereocenters. The van der Waals surface area contributed by atoms with E-state index in [-0.39, 0.29) is 23.8 Å². The van der Waals surface area contributed by atoms with Crippen molar-refractivity contribution in [3.05, 3.63) is 42.4 Å². The number of aryl methyl sites for hydroxylation is 1. The zero-order valence-electron chi connectivity index (χ0n) is 19.5. The Hall–Kier alpha value is -4.21. The van der Waals surface area contributed by atoms with Gasteiger partial charge in [0.25, 0.3) is 5.91 Å². The third-order valence-electron chi connectivity index (χ3n) is 6.28. The van der Waals surface area contributed by atoms with Gasteiger partial charge in [0.1, 0.15) is 6.10 Å². The molecule has 0 aliphatic heterocycles. The highest BCUT2D eigenvalue weighted by Gasteiger charge is 2.31. The first kappa shape index (κ1) is 21.3. The van der Waals surface area contributed by atoms with Gasteiger partial charge in [0.2, 0.25) is 11.8 Å². The van der Waals surface area contributed by atoms with Crippen molar-refractivity contribution in [3.63, 3.8) is 0 Å². The van der Waals surface area contributed by atoms with Crippen LogP contribution in [0.4, 0.5) is 5.82 Å². The van der Waals surface area contributed by atoms with E-state index in [0.29, 0.717) is 33.9 Å². The Morgan fingerprint density at radius 2 is 1.97 bits per heavy atom. The van der Waals surface area contributed by atoms with Gasteiger partial charge in [-0.1, -0.05) is 0 Å². The Balaban J connectivity index is 1.50. The van der Waals surface area contributed by atoms with Crippen LogP contribution in [0.25, 0.3) is 33.4 Å². The Labute approximate surface area is 201 Å². The monoisotopic (exact) mass is 471 g/mol. The first-order valence-electron chi connectivity index (χ1n) is 11.7. The number of aromatic amines is 1. The molecular weight excluding hydrogens is 446 g/mol. The molecule has 0 spiro atoms. The van der Waals surface area contributed by atoms with E-state index in [9.17, 15) is 9.59 Å². The number of ether oxygens (including phenoxy) is 1. The average molecular weight is 472 g/mol. The minimum Gasteiger partial charge on any atom is -0.474 e. The topological polar surface area (TPSA) is 127 Å². The van der Waals surface area contributed by atoms with E-state index in [1.807, 2.05) is 31.4 Å². The molecule has 4 aromatic rings. The fourth-order valence-electron chi connectivity index (χ4n) is 4.03. The smallest absolute Gasteiger partial charge is 0.253 e. The van der Waals surface area contributed by atoms with Crippen LogP contribution in [0.15, 0.2) is 36.8 Å². The summed E-state index contributed by atoms with van der Waals surface area (Å²) in [4.78, 5) is 37.4. The standard InChI is InChI=1S/C25H25N7O3/c1-26-24(34)18-12-27-22(30-23(33)13-3-4-13)21-16(18)10-20(29-21)17-9-14(19-7-8-32(2)31-19)11-28-25(17)35-15-5-6-15/h7-13,15,29H,3-6H2,1-2H3,(H,26,34)(H,27,30,33). The fourth-order valence-corrected chi connectivity index (χ4v) is 4.03. The highest BCUT2D eigenvalue weighted by molar-refractivity contribution is 6.11. The molecule has 10 heteroatoms. The van der Waals surface area contributed by atoms with Crippen molar-refractivity contribution < 1.29 is 14.3 Å². The summed E-state index contributed by atoms with van der Waals surface area (Å²) in [5.41, 5.74) is 4.08. The number of hydrogen-bond acceptors (Lipinski definition) is 6. The molecule has 0 unspecified atom stereocenters. The summed E-state index contributed by atoms with van der Waals surface area (Å²) in [6, 6.07) is 5.78. The van der Waals surface area contributed by atoms with Gasteiger partial charge in [-0.25, -0.2) is 9.97 Å². The van der Waals surface area contributed by atoms with Crippen LogP contribution in [-0.2, 0) is 11.8 Å². The van der Waals surface area contributed by atoms with Crippen LogP contribution in [0.1, 0.15) is 36.0 Å². The quantitative estimate of drug-likeness (QED) is 0.380. The summed E-state index contributed by atoms with van der Waals surface area (Å²) in [5.74, 6) is 0.617. The molecule has 4 aromatic heterocycles. The van der Waals surface area contributed by atoms with Crippen LogP contribution in [0.3, 0.4) is 0 Å². The fraction of sp³-hybridized carbons (Fsp3) is 0.320. The molecule has 35 heavy (non-hydrogen) atoms. The van der Waals surface area contributed by atoms with Crippen LogP contribution in [-0.4, -0.2) is 49.7 Å². The van der Waals surface area contributed by atoms with Crippen molar-refractivity contribution in [1.29, 1.82) is 0 Å². The molecule has 2 aliphatic carbocycles. The Kier molecular flexibility index (Phi) is 5.01. The van der Waals surface area contributed by atoms with Gasteiger partial charge in [0.05, 0.1) is 28.0 Å². The molecule has 2 amide bonds. The molecular formula is C25H25N7O3. The molecule has 4 heterocycles. The Morgan fingerprint density at radius 3 is 2.66 bits per heavy atom. The minimum absolute atomic E-state index is 0.0256. The maximum atomic E-state index is 12.6. The van der Waals surface area contributed by atoms with E-state index >= 15 is 0 Å². The number of amides is 2. The molecule has 6 rings (SSSR count). The van der Waals surface area contributed by atoms with Crippen molar-refractivity contribution >= 4 is 28.5 Å². The van der Waals surface area contributed by atoms with E-state index < -0.39 is 0 Å². The predicted molar refractivity (Wildman–Crippen MR) is 130 cm³/mol. The number of carbonyl (C=O) groups excluding carboxylic acids is 2. The van der Waals surface area contributed by atoms with Gasteiger partial charge in [-0.15, -0.1) is 0 Å². The highest BCUT2D eigenvalue weighted by Crippen LogP contribution is 2.38. The van der Waals surface area contributed by atoms with Crippen LogP contribution < -0.4 is 15.4 Å². The zero-order chi connectivity index (χ0) is 24.1. The maximum Gasteiger partial charge on any atom is 0.253 e. The number of aromatic nitrogens is 5. The second kappa shape index (κ2) is 8.23. The van der Waals surface area contributed by atoms with Crippen molar-refractivity contribution in [2.24, 2.45) is 13.0 Å². The lowest BCUT2D eigenvalue weighted by molar-refractivity contribution is -0.117. The van der Waals surface area contributed by atoms with Crippen LogP contribution in [0.5, 0.6) is 5.88 Å². The van der Waals surface area contributed by atoms with Gasteiger partial charge in [-0.3, -0.25) is 14.3 Å². The third kappa shape index (κ3) is 4.11. The Bertz CT molecular complexity index is 1460. The second-order valence-corrected chi connectivity index (χ2v) is 9.10. The number of anilines is 1. The van der Waals surface area contributed by atoms with E-state index in [1.54, 1.807) is 17.9 Å². The maximum absolute atomic E-state index is 12.6. The first-order valence-corrected chi connectivity index (χ1v) is 11.7. The van der Waals surface area contributed by atoms with Gasteiger partial charge in [0.15, 0.2) is 5.82 Å². The number of H-pyrrole nitrogens is 1. The normalized spacial score (nSPS) is 15.3. The van der Waals surface area contributed by atoms with Gasteiger partial charge >= 0.3 is 0 Å². The number of fused-ring (bicyclic) bond motifs is 1. The van der Waals surface area contributed by atoms with Gasteiger partial charge < -0.3 is 20.4 Å². The van der Waals surface area contributed by atoms with Crippen molar-refractivity contribution in [1.82, 2.24) is 30.0 Å².